The molecule has 0 bridgehead atoms. The predicted molar refractivity (Wildman–Crippen MR) is 178 cm³/mol. The van der Waals surface area contributed by atoms with Gasteiger partial charge in [-0.1, -0.05) is 138 Å². The van der Waals surface area contributed by atoms with Crippen molar-refractivity contribution in [2.75, 3.05) is 0 Å². The van der Waals surface area contributed by atoms with Crippen LogP contribution in [0.25, 0.3) is 28.3 Å². The Morgan fingerprint density at radius 3 is 1.78 bits per heavy atom. The molecule has 0 saturated carbocycles. The Kier molecular flexibility index (Phi) is 6.57. The highest BCUT2D eigenvalue weighted by atomic mass is 14.3. The number of aryl methyl sites for hydroxylation is 2. The zero-order chi connectivity index (χ0) is 29.1. The molecule has 0 fully saturated rings. The third kappa shape index (κ3) is 4.95. The third-order valence-corrected chi connectivity index (χ3v) is 8.67. The largest absolute Gasteiger partial charge is 0.0801 e. The van der Waals surface area contributed by atoms with Crippen molar-refractivity contribution in [1.29, 1.82) is 0 Å². The topological polar surface area (TPSA) is 0 Å². The smallest absolute Gasteiger partial charge is 0.00354 e. The molecule has 206 valence electrons. The van der Waals surface area contributed by atoms with Crippen molar-refractivity contribution in [1.82, 2.24) is 0 Å². The Hall–Kier alpha value is -3.90. The minimum atomic E-state index is -0.0665. The summed E-state index contributed by atoms with van der Waals surface area (Å²) >= 11 is 0. The number of rotatable bonds is 3. The quantitative estimate of drug-likeness (QED) is 0.216. The number of fused-ring (bicyclic) bond motifs is 3. The highest BCUT2D eigenvalue weighted by Crippen LogP contribution is 2.37. The van der Waals surface area contributed by atoms with Crippen molar-refractivity contribution in [3.63, 3.8) is 0 Å². The third-order valence-electron chi connectivity index (χ3n) is 8.67. The predicted octanol–water partition coefficient (Wildman–Crippen LogP) is 9.30. The fourth-order valence-electron chi connectivity index (χ4n) is 6.48. The van der Waals surface area contributed by atoms with Crippen molar-refractivity contribution in [3.05, 3.63) is 146 Å². The Morgan fingerprint density at radius 1 is 0.659 bits per heavy atom. The van der Waals surface area contributed by atoms with Gasteiger partial charge in [-0.25, -0.2) is 0 Å². The first-order valence-electron chi connectivity index (χ1n) is 15.0. The summed E-state index contributed by atoms with van der Waals surface area (Å²) in [6.07, 6.45) is 10.3. The summed E-state index contributed by atoms with van der Waals surface area (Å²) in [6.45, 7) is 18.4. The molecular weight excluding hydrogens is 492 g/mol. The summed E-state index contributed by atoms with van der Waals surface area (Å²) in [5.41, 5.74) is 16.1. The van der Waals surface area contributed by atoms with E-state index in [1.165, 1.54) is 77.2 Å². The zero-order valence-corrected chi connectivity index (χ0v) is 25.9. The molecule has 0 atom stereocenters. The summed E-state index contributed by atoms with van der Waals surface area (Å²) in [4.78, 5) is 0. The van der Waals surface area contributed by atoms with Crippen LogP contribution < -0.4 is 10.4 Å². The van der Waals surface area contributed by atoms with E-state index in [-0.39, 0.29) is 10.8 Å². The van der Waals surface area contributed by atoms with Crippen LogP contribution in [-0.4, -0.2) is 0 Å². The summed E-state index contributed by atoms with van der Waals surface area (Å²) in [5, 5.41) is 2.72. The van der Waals surface area contributed by atoms with Gasteiger partial charge in [0.25, 0.3) is 0 Å². The van der Waals surface area contributed by atoms with Crippen LogP contribution >= 0.6 is 0 Å². The van der Waals surface area contributed by atoms with E-state index >= 15 is 0 Å². The first-order valence-corrected chi connectivity index (χ1v) is 15.0. The molecule has 0 N–H and O–H groups in total. The van der Waals surface area contributed by atoms with E-state index in [4.69, 9.17) is 0 Å². The normalized spacial score (nSPS) is 14.0. The summed E-state index contributed by atoms with van der Waals surface area (Å²) in [6, 6.07) is 27.8. The lowest BCUT2D eigenvalue weighted by Crippen LogP contribution is -2.32. The van der Waals surface area contributed by atoms with Gasteiger partial charge in [0, 0.05) is 0 Å². The second-order valence-electron chi connectivity index (χ2n) is 14.0. The minimum Gasteiger partial charge on any atom is -0.0801 e. The van der Waals surface area contributed by atoms with Crippen molar-refractivity contribution in [2.24, 2.45) is 0 Å². The van der Waals surface area contributed by atoms with Gasteiger partial charge in [0.05, 0.1) is 0 Å². The molecule has 0 amide bonds. The molecule has 0 aliphatic heterocycles. The Morgan fingerprint density at radius 2 is 1.27 bits per heavy atom. The van der Waals surface area contributed by atoms with Crippen LogP contribution in [0.4, 0.5) is 0 Å². The number of hydrogen-bond donors (Lipinski definition) is 0. The maximum Gasteiger partial charge on any atom is -0.00354 e. The van der Waals surface area contributed by atoms with Gasteiger partial charge >= 0.3 is 0 Å². The number of allylic oxidation sites excluding steroid dienone is 4. The summed E-state index contributed by atoms with van der Waals surface area (Å²) in [5.74, 6) is 0. The fourth-order valence-corrected chi connectivity index (χ4v) is 6.48. The van der Waals surface area contributed by atoms with Crippen LogP contribution in [0.1, 0.15) is 92.5 Å². The van der Waals surface area contributed by atoms with E-state index in [0.29, 0.717) is 0 Å². The zero-order valence-electron chi connectivity index (χ0n) is 25.9. The van der Waals surface area contributed by atoms with Gasteiger partial charge in [-0.15, -0.1) is 0 Å². The second kappa shape index (κ2) is 9.88. The van der Waals surface area contributed by atoms with Crippen LogP contribution in [0, 0.1) is 13.8 Å². The van der Waals surface area contributed by atoms with E-state index in [1.54, 1.807) is 0 Å². The number of hydrogen-bond acceptors (Lipinski definition) is 0. The van der Waals surface area contributed by atoms with Gasteiger partial charge < -0.3 is 0 Å². The molecule has 2 aliphatic carbocycles. The first-order chi connectivity index (χ1) is 19.4. The molecule has 0 nitrogen and oxygen atoms in total. The first kappa shape index (κ1) is 27.3. The van der Waals surface area contributed by atoms with E-state index in [9.17, 15) is 0 Å². The fraction of sp³-hybridized carbons (Fsp3) is 0.268. The Bertz CT molecular complexity index is 1790. The molecule has 0 radical (unpaired) electrons. The van der Waals surface area contributed by atoms with Crippen LogP contribution in [0.3, 0.4) is 0 Å². The molecule has 6 rings (SSSR count). The van der Waals surface area contributed by atoms with Crippen LogP contribution in [0.2, 0.25) is 0 Å². The molecule has 0 unspecified atom stereocenters. The van der Waals surface area contributed by atoms with E-state index in [2.05, 4.69) is 152 Å². The lowest BCUT2D eigenvalue weighted by molar-refractivity contribution is 0.583. The Balaban J connectivity index is 1.82. The van der Waals surface area contributed by atoms with Crippen LogP contribution in [0.5, 0.6) is 0 Å². The standard InChI is InChI=1S/C41H42/c1-26-13-17-29(18-14-26)37(30-19-15-27(2)16-20-30)36-25-34-33-22-21-32(40(3,4)5)23-31(33)24-35(34)38(28-11-9-10-12-28)39(36)41(6,7)8/h9-11,13-25H,12H2,1-8H3. The summed E-state index contributed by atoms with van der Waals surface area (Å²) < 4.78 is 0. The van der Waals surface area contributed by atoms with Crippen molar-refractivity contribution in [2.45, 2.75) is 72.6 Å². The molecular formula is C41H42. The minimum absolute atomic E-state index is 0.0665. The van der Waals surface area contributed by atoms with Gasteiger partial charge in [0.2, 0.25) is 0 Å². The Labute approximate surface area is 246 Å². The molecule has 4 aromatic carbocycles. The molecule has 0 heteroatoms. The second-order valence-corrected chi connectivity index (χ2v) is 14.0. The molecule has 41 heavy (non-hydrogen) atoms. The van der Waals surface area contributed by atoms with Gasteiger partial charge in [-0.05, 0) is 109 Å². The van der Waals surface area contributed by atoms with E-state index in [0.717, 1.165) is 6.42 Å². The molecule has 0 aromatic heterocycles. The lowest BCUT2D eigenvalue weighted by atomic mass is 9.76. The van der Waals surface area contributed by atoms with Gasteiger partial charge in [-0.3, -0.25) is 0 Å². The summed E-state index contributed by atoms with van der Waals surface area (Å²) in [7, 11) is 0. The maximum atomic E-state index is 2.51. The SMILES string of the molecule is Cc1ccc(C(c2ccc(C)cc2)=c2cc3c(c(C4=CC=CC4)c2C(C)(C)C)=Cc2cc(C(C)(C)C)ccc2-3)cc1. The van der Waals surface area contributed by atoms with Gasteiger partial charge in [0.1, 0.15) is 0 Å². The molecule has 0 saturated heterocycles. The monoisotopic (exact) mass is 534 g/mol. The van der Waals surface area contributed by atoms with Crippen LogP contribution in [0.15, 0.2) is 91.0 Å². The molecule has 2 aliphatic rings. The van der Waals surface area contributed by atoms with Crippen LogP contribution in [-0.2, 0) is 10.8 Å². The van der Waals surface area contributed by atoms with E-state index in [1.807, 2.05) is 0 Å². The number of benzene rings is 4. The van der Waals surface area contributed by atoms with E-state index < -0.39 is 0 Å². The highest BCUT2D eigenvalue weighted by molar-refractivity contribution is 5.91. The van der Waals surface area contributed by atoms with Gasteiger partial charge in [-0.2, -0.15) is 0 Å². The molecule has 4 aromatic rings. The van der Waals surface area contributed by atoms with Gasteiger partial charge in [0.15, 0.2) is 0 Å². The highest BCUT2D eigenvalue weighted by Gasteiger charge is 2.29. The van der Waals surface area contributed by atoms with Crippen molar-refractivity contribution >= 4 is 17.2 Å². The molecule has 0 heterocycles. The van der Waals surface area contributed by atoms with Crippen molar-refractivity contribution in [3.8, 4) is 11.1 Å². The average Bonchev–Trinajstić information content (AvgIpc) is 3.57. The lowest BCUT2D eigenvalue weighted by Gasteiger charge is -2.27. The maximum absolute atomic E-state index is 2.51. The van der Waals surface area contributed by atoms with Crippen molar-refractivity contribution < 1.29 is 0 Å². The molecule has 0 spiro atoms. The average molecular weight is 535 g/mol.